The van der Waals surface area contributed by atoms with Crippen molar-refractivity contribution in [1.29, 1.82) is 0 Å². The van der Waals surface area contributed by atoms with Gasteiger partial charge in [-0.05, 0) is 66.9 Å². The van der Waals surface area contributed by atoms with Gasteiger partial charge >= 0.3 is 0 Å². The zero-order valence-corrected chi connectivity index (χ0v) is 19.9. The summed E-state index contributed by atoms with van der Waals surface area (Å²) in [5.41, 5.74) is 2.58. The molecule has 2 aliphatic rings. The first kappa shape index (κ1) is 22.1. The molecule has 1 N–H and O–H groups in total. The van der Waals surface area contributed by atoms with Crippen LogP contribution in [0.25, 0.3) is 17.0 Å². The van der Waals surface area contributed by atoms with Crippen LogP contribution in [0.1, 0.15) is 18.4 Å². The number of ether oxygens (including phenoxy) is 3. The number of anilines is 1. The van der Waals surface area contributed by atoms with Gasteiger partial charge in [0.05, 0.1) is 7.11 Å². The van der Waals surface area contributed by atoms with Crippen LogP contribution in [0.15, 0.2) is 54.6 Å². The number of hydrogen-bond donors (Lipinski definition) is 1. The van der Waals surface area contributed by atoms with Gasteiger partial charge in [0.15, 0.2) is 23.0 Å². The second-order valence-electron chi connectivity index (χ2n) is 8.88. The van der Waals surface area contributed by atoms with Crippen LogP contribution in [0.5, 0.6) is 17.2 Å². The smallest absolute Gasteiger partial charge is 0.231 e. The fourth-order valence-corrected chi connectivity index (χ4v) is 4.62. The van der Waals surface area contributed by atoms with Crippen molar-refractivity contribution in [2.24, 2.45) is 5.92 Å². The number of nitrogens with one attached hydrogen (secondary N) is 1. The van der Waals surface area contributed by atoms with E-state index in [1.165, 1.54) is 0 Å². The fourth-order valence-electron chi connectivity index (χ4n) is 4.62. The molecule has 0 unspecified atom stereocenters. The van der Waals surface area contributed by atoms with Gasteiger partial charge in [0.2, 0.25) is 12.7 Å². The Morgan fingerprint density at radius 3 is 2.64 bits per heavy atom. The SMILES string of the molecule is COc1ccc(-c2nnc3ccc(N4CCC(C(=O)NCc5ccc6c(c5)OCO6)CC4)nn23)cc1. The van der Waals surface area contributed by atoms with Crippen molar-refractivity contribution >= 4 is 17.4 Å². The molecule has 0 radical (unpaired) electrons. The van der Waals surface area contributed by atoms with Crippen molar-refractivity contribution in [3.63, 3.8) is 0 Å². The number of rotatable bonds is 6. The van der Waals surface area contributed by atoms with Crippen LogP contribution >= 0.6 is 0 Å². The van der Waals surface area contributed by atoms with Crippen LogP contribution in [-0.2, 0) is 11.3 Å². The highest BCUT2D eigenvalue weighted by Gasteiger charge is 2.26. The number of aromatic nitrogens is 4. The summed E-state index contributed by atoms with van der Waals surface area (Å²) in [5, 5.41) is 16.5. The third-order valence-corrected chi connectivity index (χ3v) is 6.69. The normalized spacial score (nSPS) is 15.3. The maximum absolute atomic E-state index is 12.8. The first-order valence-corrected chi connectivity index (χ1v) is 12.0. The van der Waals surface area contributed by atoms with Crippen molar-refractivity contribution in [2.45, 2.75) is 19.4 Å². The summed E-state index contributed by atoms with van der Waals surface area (Å²) in [7, 11) is 1.64. The number of hydrogen-bond acceptors (Lipinski definition) is 8. The number of amides is 1. The molecule has 0 bridgehead atoms. The Balaban J connectivity index is 1.09. The van der Waals surface area contributed by atoms with Gasteiger partial charge in [0, 0.05) is 31.1 Å². The van der Waals surface area contributed by atoms with Gasteiger partial charge in [0.1, 0.15) is 11.6 Å². The highest BCUT2D eigenvalue weighted by Crippen LogP contribution is 2.32. The van der Waals surface area contributed by atoms with Gasteiger partial charge < -0.3 is 24.4 Å². The number of carbonyl (C=O) groups excluding carboxylic acids is 1. The largest absolute Gasteiger partial charge is 0.497 e. The van der Waals surface area contributed by atoms with E-state index in [1.807, 2.05) is 54.6 Å². The van der Waals surface area contributed by atoms with Crippen LogP contribution in [0.2, 0.25) is 0 Å². The third-order valence-electron chi connectivity index (χ3n) is 6.69. The van der Waals surface area contributed by atoms with E-state index in [-0.39, 0.29) is 18.6 Å². The van der Waals surface area contributed by atoms with E-state index in [4.69, 9.17) is 19.3 Å². The maximum Gasteiger partial charge on any atom is 0.231 e. The van der Waals surface area contributed by atoms with Gasteiger partial charge in [-0.1, -0.05) is 6.07 Å². The molecule has 1 amide bonds. The summed E-state index contributed by atoms with van der Waals surface area (Å²) in [4.78, 5) is 15.0. The summed E-state index contributed by atoms with van der Waals surface area (Å²) in [5.74, 6) is 3.82. The van der Waals surface area contributed by atoms with Crippen LogP contribution < -0.4 is 24.4 Å². The number of piperidine rings is 1. The van der Waals surface area contributed by atoms with E-state index < -0.39 is 0 Å². The predicted molar refractivity (Wildman–Crippen MR) is 132 cm³/mol. The quantitative estimate of drug-likeness (QED) is 0.444. The highest BCUT2D eigenvalue weighted by molar-refractivity contribution is 5.79. The van der Waals surface area contributed by atoms with Crippen molar-refractivity contribution in [1.82, 2.24) is 25.1 Å². The molecule has 4 heterocycles. The average molecular weight is 487 g/mol. The van der Waals surface area contributed by atoms with Gasteiger partial charge in [-0.25, -0.2) is 0 Å². The van der Waals surface area contributed by atoms with Crippen LogP contribution in [0, 0.1) is 5.92 Å². The number of fused-ring (bicyclic) bond motifs is 2. The van der Waals surface area contributed by atoms with E-state index in [0.29, 0.717) is 18.0 Å². The molecule has 0 atom stereocenters. The van der Waals surface area contributed by atoms with Gasteiger partial charge in [-0.2, -0.15) is 4.52 Å². The van der Waals surface area contributed by atoms with Gasteiger partial charge in [0.25, 0.3) is 0 Å². The number of methoxy groups -OCH3 is 1. The Labute approximate surface area is 207 Å². The van der Waals surface area contributed by atoms with Crippen molar-refractivity contribution in [2.75, 3.05) is 31.9 Å². The topological polar surface area (TPSA) is 103 Å². The van der Waals surface area contributed by atoms with Gasteiger partial charge in [-0.15, -0.1) is 15.3 Å². The van der Waals surface area contributed by atoms with Crippen molar-refractivity contribution in [3.05, 3.63) is 60.2 Å². The molecule has 0 saturated carbocycles. The molecular weight excluding hydrogens is 460 g/mol. The number of benzene rings is 2. The van der Waals surface area contributed by atoms with Crippen LogP contribution in [0.4, 0.5) is 5.82 Å². The van der Waals surface area contributed by atoms with E-state index >= 15 is 0 Å². The summed E-state index contributed by atoms with van der Waals surface area (Å²) >= 11 is 0. The summed E-state index contributed by atoms with van der Waals surface area (Å²) < 4.78 is 17.8. The lowest BCUT2D eigenvalue weighted by molar-refractivity contribution is -0.125. The predicted octanol–water partition coefficient (Wildman–Crippen LogP) is 3.06. The Morgan fingerprint density at radius 2 is 1.83 bits per heavy atom. The second kappa shape index (κ2) is 9.37. The molecule has 4 aromatic rings. The van der Waals surface area contributed by atoms with Crippen LogP contribution in [-0.4, -0.2) is 52.7 Å². The highest BCUT2D eigenvalue weighted by atomic mass is 16.7. The molecule has 0 spiro atoms. The molecule has 6 rings (SSSR count). The Hall–Kier alpha value is -4.34. The molecule has 1 fully saturated rings. The Bertz CT molecular complexity index is 1400. The first-order chi connectivity index (χ1) is 17.7. The molecule has 0 aliphatic carbocycles. The lowest BCUT2D eigenvalue weighted by Gasteiger charge is -2.32. The molecule has 1 saturated heterocycles. The van der Waals surface area contributed by atoms with E-state index in [2.05, 4.69) is 20.4 Å². The molecule has 10 nitrogen and oxygen atoms in total. The second-order valence-corrected chi connectivity index (χ2v) is 8.88. The summed E-state index contributed by atoms with van der Waals surface area (Å²) in [6, 6.07) is 17.3. The number of carbonyl (C=O) groups is 1. The lowest BCUT2D eigenvalue weighted by atomic mass is 9.96. The standard InChI is InChI=1S/C26H26N6O4/c1-34-20-5-3-18(4-6-20)25-29-28-23-8-9-24(30-32(23)25)31-12-10-19(11-13-31)26(33)27-15-17-2-7-21-22(14-17)36-16-35-21/h2-9,14,19H,10-13,15-16H2,1H3,(H,27,33). The van der Waals surface area contributed by atoms with Crippen molar-refractivity contribution in [3.8, 4) is 28.6 Å². The minimum absolute atomic E-state index is 0.0243. The first-order valence-electron chi connectivity index (χ1n) is 12.0. The monoisotopic (exact) mass is 486 g/mol. The maximum atomic E-state index is 12.8. The molecule has 184 valence electrons. The summed E-state index contributed by atoms with van der Waals surface area (Å²) in [6.45, 7) is 2.21. The Kier molecular flexibility index (Phi) is 5.76. The third kappa shape index (κ3) is 4.26. The zero-order chi connectivity index (χ0) is 24.5. The average Bonchev–Trinajstić information content (AvgIpc) is 3.58. The molecule has 2 aliphatic heterocycles. The van der Waals surface area contributed by atoms with E-state index in [9.17, 15) is 4.79 Å². The molecule has 2 aromatic carbocycles. The van der Waals surface area contributed by atoms with E-state index in [1.54, 1.807) is 11.6 Å². The Morgan fingerprint density at radius 1 is 1.03 bits per heavy atom. The molecular formula is C26H26N6O4. The van der Waals surface area contributed by atoms with Gasteiger partial charge in [-0.3, -0.25) is 4.79 Å². The zero-order valence-electron chi connectivity index (χ0n) is 19.9. The molecule has 2 aromatic heterocycles. The fraction of sp³-hybridized carbons (Fsp3) is 0.308. The minimum atomic E-state index is -0.0243. The molecule has 10 heteroatoms. The minimum Gasteiger partial charge on any atom is -0.497 e. The number of nitrogens with zero attached hydrogens (tertiary/aromatic N) is 5. The van der Waals surface area contributed by atoms with Crippen LogP contribution in [0.3, 0.4) is 0 Å². The van der Waals surface area contributed by atoms with E-state index in [0.717, 1.165) is 60.1 Å². The van der Waals surface area contributed by atoms with Crippen molar-refractivity contribution < 1.29 is 19.0 Å². The summed E-state index contributed by atoms with van der Waals surface area (Å²) in [6.07, 6.45) is 1.53. The lowest BCUT2D eigenvalue weighted by Crippen LogP contribution is -2.40. The molecule has 36 heavy (non-hydrogen) atoms.